The van der Waals surface area contributed by atoms with Crippen molar-refractivity contribution < 1.29 is 0 Å². The van der Waals surface area contributed by atoms with Crippen LogP contribution in [0.3, 0.4) is 0 Å². The standard InChI is InChI=1S/C20H15ClN2Se/c1-23-18-8-4-2-6-16(18)20(22-17-7-3-5-9-19(17)23)24-15-12-10-14(21)11-13-15/h2-13H,1H3. The van der Waals surface area contributed by atoms with Gasteiger partial charge in [-0.2, -0.15) is 0 Å². The number of fused-ring (bicyclic) bond motifs is 2. The van der Waals surface area contributed by atoms with E-state index >= 15 is 0 Å². The molecule has 0 saturated carbocycles. The molecule has 4 heteroatoms. The number of hydrogen-bond donors (Lipinski definition) is 0. The summed E-state index contributed by atoms with van der Waals surface area (Å²) in [6.45, 7) is 0. The Morgan fingerprint density at radius 1 is 0.833 bits per heavy atom. The van der Waals surface area contributed by atoms with Gasteiger partial charge >= 0.3 is 153 Å². The van der Waals surface area contributed by atoms with E-state index in [1.165, 1.54) is 15.7 Å². The summed E-state index contributed by atoms with van der Waals surface area (Å²) in [5, 5.41) is 0.767. The molecule has 2 nitrogen and oxygen atoms in total. The van der Waals surface area contributed by atoms with Crippen LogP contribution in [-0.2, 0) is 0 Å². The summed E-state index contributed by atoms with van der Waals surface area (Å²) in [5.74, 6) is 0. The second kappa shape index (κ2) is 6.45. The molecular formula is C20H15ClN2Se. The molecule has 0 N–H and O–H groups in total. The van der Waals surface area contributed by atoms with Gasteiger partial charge in [0.15, 0.2) is 0 Å². The summed E-state index contributed by atoms with van der Waals surface area (Å²) in [7, 11) is 2.10. The van der Waals surface area contributed by atoms with Gasteiger partial charge in [-0.05, 0) is 0 Å². The van der Waals surface area contributed by atoms with E-state index in [4.69, 9.17) is 16.6 Å². The van der Waals surface area contributed by atoms with Crippen molar-refractivity contribution in [1.29, 1.82) is 0 Å². The molecule has 1 aliphatic heterocycles. The van der Waals surface area contributed by atoms with Gasteiger partial charge in [0, 0.05) is 0 Å². The third kappa shape index (κ3) is 2.87. The first-order valence-electron chi connectivity index (χ1n) is 7.66. The van der Waals surface area contributed by atoms with Gasteiger partial charge in [-0.1, -0.05) is 0 Å². The molecule has 24 heavy (non-hydrogen) atoms. The monoisotopic (exact) mass is 398 g/mol. The van der Waals surface area contributed by atoms with Crippen LogP contribution in [0.15, 0.2) is 77.8 Å². The van der Waals surface area contributed by atoms with E-state index in [9.17, 15) is 0 Å². The Balaban J connectivity index is 1.86. The average molecular weight is 398 g/mol. The molecule has 0 atom stereocenters. The van der Waals surface area contributed by atoms with Crippen LogP contribution >= 0.6 is 11.6 Å². The Bertz CT molecular complexity index is 919. The maximum atomic E-state index is 6.02. The van der Waals surface area contributed by atoms with Gasteiger partial charge in [0.05, 0.1) is 0 Å². The number of nitrogens with zero attached hydrogens (tertiary/aromatic N) is 2. The quantitative estimate of drug-likeness (QED) is 0.580. The van der Waals surface area contributed by atoms with Gasteiger partial charge < -0.3 is 0 Å². The molecule has 118 valence electrons. The first-order chi connectivity index (χ1) is 11.7. The minimum atomic E-state index is 0.110. The van der Waals surface area contributed by atoms with Crippen molar-refractivity contribution in [3.8, 4) is 0 Å². The number of aliphatic imine (C=N–C) groups is 1. The summed E-state index contributed by atoms with van der Waals surface area (Å²) in [4.78, 5) is 7.24. The zero-order valence-corrected chi connectivity index (χ0v) is 15.6. The second-order valence-corrected chi connectivity index (χ2v) is 8.20. The van der Waals surface area contributed by atoms with Crippen molar-refractivity contribution in [3.63, 3.8) is 0 Å². The summed E-state index contributed by atoms with van der Waals surface area (Å²) < 4.78 is 2.40. The fraction of sp³-hybridized carbons (Fsp3) is 0.0500. The third-order valence-electron chi connectivity index (χ3n) is 3.99. The Labute approximate surface area is 153 Å². The van der Waals surface area contributed by atoms with Crippen LogP contribution in [-0.4, -0.2) is 26.6 Å². The molecule has 0 amide bonds. The van der Waals surface area contributed by atoms with Crippen molar-refractivity contribution in [1.82, 2.24) is 0 Å². The zero-order chi connectivity index (χ0) is 16.5. The number of benzene rings is 3. The van der Waals surface area contributed by atoms with E-state index in [2.05, 4.69) is 66.5 Å². The van der Waals surface area contributed by atoms with E-state index in [1.807, 2.05) is 18.2 Å². The molecule has 1 heterocycles. The molecule has 0 radical (unpaired) electrons. The van der Waals surface area contributed by atoms with Crippen LogP contribution in [0, 0.1) is 0 Å². The predicted molar refractivity (Wildman–Crippen MR) is 104 cm³/mol. The molecule has 1 aliphatic rings. The van der Waals surface area contributed by atoms with Crippen molar-refractivity contribution in [2.24, 2.45) is 4.99 Å². The summed E-state index contributed by atoms with van der Waals surface area (Å²) in [6.07, 6.45) is 0. The van der Waals surface area contributed by atoms with E-state index in [0.29, 0.717) is 0 Å². The Hall–Kier alpha value is -2.06. The van der Waals surface area contributed by atoms with Crippen LogP contribution in [0.25, 0.3) is 0 Å². The van der Waals surface area contributed by atoms with Gasteiger partial charge in [-0.3, -0.25) is 0 Å². The molecule has 0 unspecified atom stereocenters. The Kier molecular flexibility index (Phi) is 4.15. The van der Waals surface area contributed by atoms with Crippen LogP contribution in [0.4, 0.5) is 17.1 Å². The van der Waals surface area contributed by atoms with Crippen LogP contribution in [0.1, 0.15) is 5.56 Å². The van der Waals surface area contributed by atoms with Crippen molar-refractivity contribution in [2.45, 2.75) is 0 Å². The van der Waals surface area contributed by atoms with Crippen LogP contribution in [0.5, 0.6) is 0 Å². The number of para-hydroxylation sites is 3. The minimum absolute atomic E-state index is 0.110. The topological polar surface area (TPSA) is 15.6 Å². The molecule has 0 spiro atoms. The molecular weight excluding hydrogens is 383 g/mol. The first kappa shape index (κ1) is 15.5. The van der Waals surface area contributed by atoms with Gasteiger partial charge in [-0.25, -0.2) is 0 Å². The second-order valence-electron chi connectivity index (χ2n) is 5.54. The molecule has 4 rings (SSSR count). The molecule has 0 aromatic heterocycles. The first-order valence-corrected chi connectivity index (χ1v) is 9.76. The van der Waals surface area contributed by atoms with E-state index in [0.717, 1.165) is 21.0 Å². The van der Waals surface area contributed by atoms with Gasteiger partial charge in [0.2, 0.25) is 0 Å². The maximum absolute atomic E-state index is 6.02. The molecule has 3 aromatic carbocycles. The van der Waals surface area contributed by atoms with Crippen LogP contribution < -0.4 is 9.36 Å². The summed E-state index contributed by atoms with van der Waals surface area (Å²) in [6, 6.07) is 24.8. The molecule has 0 aliphatic carbocycles. The fourth-order valence-corrected chi connectivity index (χ4v) is 4.84. The molecule has 0 saturated heterocycles. The van der Waals surface area contributed by atoms with E-state index < -0.39 is 0 Å². The number of hydrogen-bond acceptors (Lipinski definition) is 2. The van der Waals surface area contributed by atoms with E-state index in [-0.39, 0.29) is 15.0 Å². The van der Waals surface area contributed by atoms with Gasteiger partial charge in [0.25, 0.3) is 0 Å². The predicted octanol–water partition coefficient (Wildman–Crippen LogP) is 4.53. The molecule has 3 aromatic rings. The van der Waals surface area contributed by atoms with Crippen molar-refractivity contribution in [3.05, 3.63) is 83.4 Å². The number of halogens is 1. The van der Waals surface area contributed by atoms with Gasteiger partial charge in [-0.15, -0.1) is 0 Å². The van der Waals surface area contributed by atoms with Crippen LogP contribution in [0.2, 0.25) is 5.02 Å². The fourth-order valence-electron chi connectivity index (χ4n) is 2.78. The SMILES string of the molecule is CN1c2ccccc2N=C([Se]c2ccc(Cl)cc2)c2ccccc21. The van der Waals surface area contributed by atoms with Crippen molar-refractivity contribution >= 4 is 52.7 Å². The summed E-state index contributed by atoms with van der Waals surface area (Å²) >= 11 is 6.13. The number of anilines is 2. The summed E-state index contributed by atoms with van der Waals surface area (Å²) in [5.41, 5.74) is 4.54. The van der Waals surface area contributed by atoms with Crippen molar-refractivity contribution in [2.75, 3.05) is 11.9 Å². The van der Waals surface area contributed by atoms with Gasteiger partial charge in [0.1, 0.15) is 0 Å². The third-order valence-corrected chi connectivity index (χ3v) is 6.37. The Morgan fingerprint density at radius 3 is 2.29 bits per heavy atom. The number of rotatable bonds is 2. The normalized spacial score (nSPS) is 12.9. The zero-order valence-electron chi connectivity index (χ0n) is 13.1. The molecule has 0 bridgehead atoms. The van der Waals surface area contributed by atoms with E-state index in [1.54, 1.807) is 0 Å². The molecule has 0 fully saturated rings. The Morgan fingerprint density at radius 2 is 1.50 bits per heavy atom. The average Bonchev–Trinajstić information content (AvgIpc) is 2.73.